The normalized spacial score (nSPS) is 35.7. The lowest BCUT2D eigenvalue weighted by atomic mass is 9.65. The first-order chi connectivity index (χ1) is 13.4. The maximum absolute atomic E-state index is 7.21. The molecule has 0 unspecified atom stereocenters. The van der Waals surface area contributed by atoms with Crippen LogP contribution in [0.15, 0.2) is 12.7 Å². The first-order valence-corrected chi connectivity index (χ1v) is 18.2. The Morgan fingerprint density at radius 1 is 1.17 bits per heavy atom. The lowest BCUT2D eigenvalue weighted by molar-refractivity contribution is -0.0881. The summed E-state index contributed by atoms with van der Waals surface area (Å²) in [6, 6.07) is 0. The van der Waals surface area contributed by atoms with Crippen LogP contribution in [0.2, 0.25) is 37.8 Å². The summed E-state index contributed by atoms with van der Waals surface area (Å²) in [6.45, 7) is 32.0. The Morgan fingerprint density at radius 2 is 1.70 bits per heavy atom. The lowest BCUT2D eigenvalue weighted by Crippen LogP contribution is -2.61. The van der Waals surface area contributed by atoms with Crippen molar-refractivity contribution in [1.82, 2.24) is 0 Å². The molecule has 0 amide bonds. The van der Waals surface area contributed by atoms with E-state index in [1.165, 1.54) is 0 Å². The van der Waals surface area contributed by atoms with Crippen molar-refractivity contribution in [2.45, 2.75) is 104 Å². The molecule has 2 saturated carbocycles. The van der Waals surface area contributed by atoms with E-state index in [1.54, 1.807) is 0 Å². The fraction of sp³-hybridized carbons (Fsp3) is 0.846. The molecule has 2 rings (SSSR count). The van der Waals surface area contributed by atoms with E-state index >= 15 is 0 Å². The molecule has 0 aromatic heterocycles. The summed E-state index contributed by atoms with van der Waals surface area (Å²) in [6.07, 6.45) is 9.65. The molecule has 7 atom stereocenters. The van der Waals surface area contributed by atoms with Crippen molar-refractivity contribution >= 4 is 16.6 Å². The van der Waals surface area contributed by atoms with E-state index in [-0.39, 0.29) is 28.4 Å². The van der Waals surface area contributed by atoms with Crippen molar-refractivity contribution < 1.29 is 8.85 Å². The molecule has 0 radical (unpaired) electrons. The number of hydrogen-bond donors (Lipinski definition) is 0. The zero-order valence-corrected chi connectivity index (χ0v) is 23.8. The zero-order valence-electron chi connectivity index (χ0n) is 21.8. The van der Waals surface area contributed by atoms with Crippen molar-refractivity contribution in [2.75, 3.05) is 0 Å². The van der Waals surface area contributed by atoms with Gasteiger partial charge in [-0.15, -0.1) is 13.0 Å². The Bertz CT molecular complexity index is 691. The number of rotatable bonds is 7. The smallest absolute Gasteiger partial charge is 0.192 e. The van der Waals surface area contributed by atoms with Gasteiger partial charge >= 0.3 is 0 Å². The topological polar surface area (TPSA) is 18.5 Å². The molecule has 0 spiro atoms. The molecule has 0 saturated heterocycles. The van der Waals surface area contributed by atoms with Gasteiger partial charge in [0.05, 0.1) is 6.10 Å². The third-order valence-electron chi connectivity index (χ3n) is 8.54. The molecule has 0 bridgehead atoms. The van der Waals surface area contributed by atoms with E-state index in [1.807, 2.05) is 0 Å². The highest BCUT2D eigenvalue weighted by atomic mass is 28.4. The molecule has 4 heteroatoms. The molecular weight excluding hydrogens is 400 g/mol. The van der Waals surface area contributed by atoms with Gasteiger partial charge in [0.2, 0.25) is 0 Å². The second-order valence-electron chi connectivity index (χ2n) is 13.2. The molecule has 0 N–H and O–H groups in total. The third-order valence-corrected chi connectivity index (χ3v) is 14.0. The van der Waals surface area contributed by atoms with E-state index in [0.717, 1.165) is 6.42 Å². The molecule has 0 aromatic rings. The zero-order chi connectivity index (χ0) is 23.5. The van der Waals surface area contributed by atoms with E-state index < -0.39 is 22.2 Å². The van der Waals surface area contributed by atoms with Crippen LogP contribution in [0, 0.1) is 47.3 Å². The Kier molecular flexibility index (Phi) is 6.83. The largest absolute Gasteiger partial charge is 0.413 e. The highest BCUT2D eigenvalue weighted by Crippen LogP contribution is 2.72. The lowest BCUT2D eigenvalue weighted by Gasteiger charge is -2.53. The van der Waals surface area contributed by atoms with Crippen LogP contribution < -0.4 is 0 Å². The highest BCUT2D eigenvalue weighted by Gasteiger charge is 2.72. The summed E-state index contributed by atoms with van der Waals surface area (Å²) in [4.78, 5) is 0. The Labute approximate surface area is 189 Å². The predicted octanol–water partition coefficient (Wildman–Crippen LogP) is 7.35. The van der Waals surface area contributed by atoms with Gasteiger partial charge in [0.15, 0.2) is 16.6 Å². The van der Waals surface area contributed by atoms with Gasteiger partial charge in [-0.05, 0) is 73.3 Å². The van der Waals surface area contributed by atoms with Gasteiger partial charge in [-0.2, -0.15) is 0 Å². The molecule has 2 nitrogen and oxygen atoms in total. The average Bonchev–Trinajstić information content (AvgIpc) is 3.10. The van der Waals surface area contributed by atoms with Crippen LogP contribution in [0.4, 0.5) is 0 Å². The Balaban J connectivity index is 2.65. The highest BCUT2D eigenvalue weighted by molar-refractivity contribution is 6.74. The minimum absolute atomic E-state index is 0.0350. The molecular formula is C26H48O2Si2. The summed E-state index contributed by atoms with van der Waals surface area (Å²) < 4.78 is 14.2. The van der Waals surface area contributed by atoms with Crippen LogP contribution in [0.3, 0.4) is 0 Å². The fourth-order valence-corrected chi connectivity index (χ4v) is 8.46. The van der Waals surface area contributed by atoms with Gasteiger partial charge < -0.3 is 8.85 Å². The molecule has 172 valence electrons. The second-order valence-corrected chi connectivity index (χ2v) is 22.4. The molecule has 2 aliphatic carbocycles. The van der Waals surface area contributed by atoms with Crippen molar-refractivity contribution in [2.24, 2.45) is 35.0 Å². The van der Waals surface area contributed by atoms with Gasteiger partial charge in [0.1, 0.15) is 5.60 Å². The first kappa shape index (κ1) is 25.9. The maximum atomic E-state index is 7.21. The Hall–Kier alpha value is -0.346. The van der Waals surface area contributed by atoms with Crippen LogP contribution in [-0.2, 0) is 8.85 Å². The van der Waals surface area contributed by atoms with Crippen molar-refractivity contribution in [3.05, 3.63) is 12.7 Å². The summed E-state index contributed by atoms with van der Waals surface area (Å²) in [5.41, 5.74) is -0.278. The van der Waals surface area contributed by atoms with Crippen LogP contribution in [-0.4, -0.2) is 28.3 Å². The van der Waals surface area contributed by atoms with Crippen molar-refractivity contribution in [3.8, 4) is 12.3 Å². The molecule has 0 aromatic carbocycles. The van der Waals surface area contributed by atoms with Gasteiger partial charge in [-0.1, -0.05) is 60.5 Å². The average molecular weight is 449 g/mol. The predicted molar refractivity (Wildman–Crippen MR) is 135 cm³/mol. The Morgan fingerprint density at radius 3 is 2.10 bits per heavy atom. The second kappa shape index (κ2) is 7.90. The summed E-state index contributed by atoms with van der Waals surface area (Å²) in [7, 11) is -3.88. The van der Waals surface area contributed by atoms with E-state index in [2.05, 4.69) is 99.8 Å². The molecule has 0 heterocycles. The van der Waals surface area contributed by atoms with Crippen LogP contribution in [0.5, 0.6) is 0 Å². The standard InChI is InChI=1S/C26H48O2Si2/c1-15-18(3)23(27-30(13,14)24(5,6)7)22-21-20(25(21,8)9)17-19(4)26(22,16-2)28-29(10,11)12/h2,15,18-23H,1,17H2,3-14H3/t18-,19-,20-,21+,22-,23-,26-/m1/s1. The van der Waals surface area contributed by atoms with Crippen LogP contribution in [0.1, 0.15) is 54.9 Å². The number of hydrogen-bond acceptors (Lipinski definition) is 2. The van der Waals surface area contributed by atoms with Crippen LogP contribution in [0.25, 0.3) is 0 Å². The van der Waals surface area contributed by atoms with E-state index in [9.17, 15) is 0 Å². The van der Waals surface area contributed by atoms with E-state index in [0.29, 0.717) is 17.8 Å². The molecule has 0 aliphatic heterocycles. The van der Waals surface area contributed by atoms with Crippen molar-refractivity contribution in [1.29, 1.82) is 0 Å². The van der Waals surface area contributed by atoms with Gasteiger partial charge in [0.25, 0.3) is 0 Å². The molecule has 30 heavy (non-hydrogen) atoms. The number of fused-ring (bicyclic) bond motifs is 1. The maximum Gasteiger partial charge on any atom is 0.192 e. The van der Waals surface area contributed by atoms with Gasteiger partial charge in [-0.3, -0.25) is 0 Å². The fourth-order valence-electron chi connectivity index (χ4n) is 5.65. The third kappa shape index (κ3) is 4.42. The SMILES string of the molecule is C#C[C@]1(O[Si](C)(C)C)[C@@H]([C@H](O[Si](C)(C)C(C)(C)C)[C@H](C)C=C)[C@@H]2[C@@H](C[C@H]1C)C2(C)C. The summed E-state index contributed by atoms with van der Waals surface area (Å²) in [5, 5.41) is 0.142. The van der Waals surface area contributed by atoms with Crippen LogP contribution >= 0.6 is 0 Å². The minimum Gasteiger partial charge on any atom is -0.413 e. The monoisotopic (exact) mass is 448 g/mol. The van der Waals surface area contributed by atoms with Crippen molar-refractivity contribution in [3.63, 3.8) is 0 Å². The quantitative estimate of drug-likeness (QED) is 0.230. The minimum atomic E-state index is -2.00. The van der Waals surface area contributed by atoms with E-state index in [4.69, 9.17) is 15.3 Å². The molecule has 2 fully saturated rings. The summed E-state index contributed by atoms with van der Waals surface area (Å²) in [5.74, 6) is 5.25. The summed E-state index contributed by atoms with van der Waals surface area (Å²) >= 11 is 0. The number of terminal acetylenes is 1. The van der Waals surface area contributed by atoms with Gasteiger partial charge in [-0.25, -0.2) is 0 Å². The molecule has 2 aliphatic rings. The first-order valence-electron chi connectivity index (χ1n) is 11.8. The van der Waals surface area contributed by atoms with Gasteiger partial charge in [0, 0.05) is 5.92 Å².